The number of nitrogens with one attached hydrogen (secondary N) is 1. The van der Waals surface area contributed by atoms with Gasteiger partial charge in [-0.2, -0.15) is 17.8 Å². The van der Waals surface area contributed by atoms with Gasteiger partial charge < -0.3 is 5.11 Å². The van der Waals surface area contributed by atoms with Gasteiger partial charge in [0.25, 0.3) is 0 Å². The van der Waals surface area contributed by atoms with E-state index in [1.54, 1.807) is 0 Å². The Kier molecular flexibility index (Phi) is 3.96. The minimum atomic E-state index is -3.93. The van der Waals surface area contributed by atoms with E-state index in [0.29, 0.717) is 19.3 Å². The Balaban J connectivity index is 2.20. The average Bonchev–Trinajstić information content (AvgIpc) is 2.39. The molecule has 1 aromatic heterocycles. The number of piperidine rings is 1. The number of aliphatic carboxylic acids is 1. The molecule has 0 bridgehead atoms. The summed E-state index contributed by atoms with van der Waals surface area (Å²) in [6.07, 6.45) is 3.08. The summed E-state index contributed by atoms with van der Waals surface area (Å²) in [6, 6.07) is 1.96. The van der Waals surface area contributed by atoms with Crippen LogP contribution in [0.5, 0.6) is 0 Å². The zero-order chi connectivity index (χ0) is 13.9. The maximum Gasteiger partial charge on any atom is 0.322 e. The van der Waals surface area contributed by atoms with E-state index >= 15 is 0 Å². The molecule has 1 fully saturated rings. The third-order valence-corrected chi connectivity index (χ3v) is 4.37. The van der Waals surface area contributed by atoms with Crippen molar-refractivity contribution in [2.24, 2.45) is 0 Å². The molecule has 0 spiro atoms. The van der Waals surface area contributed by atoms with Crippen LogP contribution in [0, 0.1) is 0 Å². The van der Waals surface area contributed by atoms with Crippen molar-refractivity contribution in [1.29, 1.82) is 0 Å². The summed E-state index contributed by atoms with van der Waals surface area (Å²) in [5.74, 6) is -1.07. The van der Waals surface area contributed by atoms with Crippen LogP contribution in [0.4, 0.5) is 5.82 Å². The molecule has 2 rings (SSSR count). The van der Waals surface area contributed by atoms with Gasteiger partial charge in [-0.1, -0.05) is 0 Å². The summed E-state index contributed by atoms with van der Waals surface area (Å²) in [4.78, 5) is 11.1. The van der Waals surface area contributed by atoms with Crippen LogP contribution in [0.1, 0.15) is 19.3 Å². The molecular weight excluding hydrogens is 272 g/mol. The molecule has 1 aliphatic rings. The van der Waals surface area contributed by atoms with Gasteiger partial charge >= 0.3 is 16.2 Å². The Labute approximate surface area is 110 Å². The lowest BCUT2D eigenvalue weighted by Gasteiger charge is -2.31. The molecule has 0 amide bonds. The third kappa shape index (κ3) is 3.18. The fraction of sp³-hybridized carbons (Fsp3) is 0.500. The maximum absolute atomic E-state index is 12.2. The first-order valence-electron chi connectivity index (χ1n) is 5.81. The lowest BCUT2D eigenvalue weighted by atomic mass is 10.1. The van der Waals surface area contributed by atoms with Crippen LogP contribution in [-0.4, -0.2) is 46.6 Å². The molecule has 8 nitrogen and oxygen atoms in total. The molecule has 0 aromatic carbocycles. The van der Waals surface area contributed by atoms with Crippen LogP contribution in [0.2, 0.25) is 0 Å². The number of carboxylic acid groups (broad SMARTS) is 1. The van der Waals surface area contributed by atoms with E-state index in [-0.39, 0.29) is 12.4 Å². The molecule has 2 heterocycles. The van der Waals surface area contributed by atoms with Gasteiger partial charge in [0.05, 0.1) is 0 Å². The predicted molar refractivity (Wildman–Crippen MR) is 66.6 cm³/mol. The first kappa shape index (κ1) is 13.7. The molecule has 2 N–H and O–H groups in total. The molecule has 1 aliphatic heterocycles. The smallest absolute Gasteiger partial charge is 0.322 e. The van der Waals surface area contributed by atoms with E-state index in [0.717, 1.165) is 4.31 Å². The summed E-state index contributed by atoms with van der Waals surface area (Å²) in [5, 5.41) is 16.2. The van der Waals surface area contributed by atoms with E-state index < -0.39 is 22.2 Å². The van der Waals surface area contributed by atoms with Crippen molar-refractivity contribution >= 4 is 22.0 Å². The van der Waals surface area contributed by atoms with Crippen molar-refractivity contribution in [3.05, 3.63) is 18.3 Å². The minimum absolute atomic E-state index is 0.0669. The lowest BCUT2D eigenvalue weighted by molar-refractivity contribution is -0.142. The largest absolute Gasteiger partial charge is 0.480 e. The summed E-state index contributed by atoms with van der Waals surface area (Å²) >= 11 is 0. The Morgan fingerprint density at radius 3 is 2.89 bits per heavy atom. The second-order valence-electron chi connectivity index (χ2n) is 4.18. The average molecular weight is 286 g/mol. The SMILES string of the molecule is O=C(O)C1CCCCN1S(=O)(=O)Nc1cccnn1. The number of rotatable bonds is 4. The summed E-state index contributed by atoms with van der Waals surface area (Å²) < 4.78 is 27.5. The van der Waals surface area contributed by atoms with Crippen molar-refractivity contribution in [1.82, 2.24) is 14.5 Å². The molecule has 1 atom stereocenters. The molecule has 9 heteroatoms. The monoisotopic (exact) mass is 286 g/mol. The topological polar surface area (TPSA) is 112 Å². The van der Waals surface area contributed by atoms with Crippen LogP contribution >= 0.6 is 0 Å². The van der Waals surface area contributed by atoms with E-state index in [2.05, 4.69) is 14.9 Å². The molecule has 1 unspecified atom stereocenters. The van der Waals surface area contributed by atoms with Crippen LogP contribution in [0.3, 0.4) is 0 Å². The van der Waals surface area contributed by atoms with Crippen LogP contribution in [0.25, 0.3) is 0 Å². The molecule has 0 aliphatic carbocycles. The molecular formula is C10H14N4O4S. The first-order chi connectivity index (χ1) is 9.00. The standard InChI is InChI=1S/C10H14N4O4S/c15-10(16)8-4-1-2-7-14(8)19(17,18)13-9-5-3-6-11-12-9/h3,5-6,8H,1-2,4,7H2,(H,12,13)(H,15,16). The van der Waals surface area contributed by atoms with E-state index in [1.807, 2.05) is 0 Å². The molecule has 0 radical (unpaired) electrons. The highest BCUT2D eigenvalue weighted by Gasteiger charge is 2.36. The van der Waals surface area contributed by atoms with Crippen molar-refractivity contribution < 1.29 is 18.3 Å². The summed E-state index contributed by atoms with van der Waals surface area (Å²) in [5.41, 5.74) is 0. The molecule has 19 heavy (non-hydrogen) atoms. The number of nitrogens with zero attached hydrogens (tertiary/aromatic N) is 3. The number of hydrogen-bond donors (Lipinski definition) is 2. The third-order valence-electron chi connectivity index (χ3n) is 2.85. The van der Waals surface area contributed by atoms with Gasteiger partial charge in [0.1, 0.15) is 6.04 Å². The number of aromatic nitrogens is 2. The van der Waals surface area contributed by atoms with Crippen LogP contribution in [-0.2, 0) is 15.0 Å². The normalized spacial score (nSPS) is 20.9. The first-order valence-corrected chi connectivity index (χ1v) is 7.25. The minimum Gasteiger partial charge on any atom is -0.480 e. The van der Waals surface area contributed by atoms with Gasteiger partial charge in [-0.25, -0.2) is 0 Å². The fourth-order valence-corrected chi connectivity index (χ4v) is 3.38. The Bertz CT molecular complexity index is 548. The van der Waals surface area contributed by atoms with E-state index in [9.17, 15) is 13.2 Å². The quantitative estimate of drug-likeness (QED) is 0.810. The van der Waals surface area contributed by atoms with Crippen molar-refractivity contribution in [2.45, 2.75) is 25.3 Å². The van der Waals surface area contributed by atoms with Crippen molar-refractivity contribution in [3.63, 3.8) is 0 Å². The van der Waals surface area contributed by atoms with Gasteiger partial charge in [0.2, 0.25) is 0 Å². The molecule has 0 saturated carbocycles. The van der Waals surface area contributed by atoms with E-state index in [1.165, 1.54) is 18.3 Å². The number of carbonyl (C=O) groups is 1. The van der Waals surface area contributed by atoms with Gasteiger partial charge in [-0.3, -0.25) is 9.52 Å². The molecule has 1 saturated heterocycles. The van der Waals surface area contributed by atoms with E-state index in [4.69, 9.17) is 5.11 Å². The summed E-state index contributed by atoms with van der Waals surface area (Å²) in [6.45, 7) is 0.187. The van der Waals surface area contributed by atoms with Crippen LogP contribution in [0.15, 0.2) is 18.3 Å². The molecule has 1 aromatic rings. The highest BCUT2D eigenvalue weighted by Crippen LogP contribution is 2.21. The lowest BCUT2D eigenvalue weighted by Crippen LogP contribution is -2.50. The summed E-state index contributed by atoms with van der Waals surface area (Å²) in [7, 11) is -3.93. The Morgan fingerprint density at radius 1 is 1.47 bits per heavy atom. The number of hydrogen-bond acceptors (Lipinski definition) is 5. The predicted octanol–water partition coefficient (Wildman–Crippen LogP) is 0.0724. The van der Waals surface area contributed by atoms with Gasteiger partial charge in [0, 0.05) is 12.7 Å². The maximum atomic E-state index is 12.2. The molecule has 104 valence electrons. The highest BCUT2D eigenvalue weighted by atomic mass is 32.2. The number of anilines is 1. The highest BCUT2D eigenvalue weighted by molar-refractivity contribution is 7.90. The van der Waals surface area contributed by atoms with Gasteiger partial charge in [-0.15, -0.1) is 5.10 Å². The Hall–Kier alpha value is -1.74. The van der Waals surface area contributed by atoms with Crippen molar-refractivity contribution in [3.8, 4) is 0 Å². The Morgan fingerprint density at radius 2 is 2.26 bits per heavy atom. The zero-order valence-corrected chi connectivity index (χ0v) is 10.9. The van der Waals surface area contributed by atoms with Gasteiger partial charge in [0.15, 0.2) is 5.82 Å². The second kappa shape index (κ2) is 5.49. The second-order valence-corrected chi connectivity index (χ2v) is 5.80. The fourth-order valence-electron chi connectivity index (χ4n) is 1.99. The van der Waals surface area contributed by atoms with Gasteiger partial charge in [-0.05, 0) is 31.4 Å². The zero-order valence-electron chi connectivity index (χ0n) is 10.1. The number of carboxylic acids is 1. The van der Waals surface area contributed by atoms with Crippen molar-refractivity contribution in [2.75, 3.05) is 11.3 Å². The van der Waals surface area contributed by atoms with Crippen LogP contribution < -0.4 is 4.72 Å².